The highest BCUT2D eigenvalue weighted by Crippen LogP contribution is 2.14. The number of halogens is 1. The zero-order valence-corrected chi connectivity index (χ0v) is 8.32. The van der Waals surface area contributed by atoms with E-state index in [4.69, 9.17) is 16.9 Å². The number of rotatable bonds is 3. The van der Waals surface area contributed by atoms with Gasteiger partial charge in [0.15, 0.2) is 0 Å². The van der Waals surface area contributed by atoms with Crippen LogP contribution in [-0.4, -0.2) is 10.9 Å². The molecule has 0 fully saturated rings. The van der Waals surface area contributed by atoms with Gasteiger partial charge < -0.3 is 0 Å². The van der Waals surface area contributed by atoms with Crippen LogP contribution in [0.1, 0.15) is 10.7 Å². The molecule has 1 aromatic heterocycles. The molecule has 0 radical (unpaired) electrons. The molecule has 0 aliphatic rings. The second-order valence-corrected chi connectivity index (χ2v) is 3.82. The first-order valence-corrected chi connectivity index (χ1v) is 5.04. The summed E-state index contributed by atoms with van der Waals surface area (Å²) in [5.74, 6) is 0.284. The van der Waals surface area contributed by atoms with Crippen LogP contribution in [0.25, 0.3) is 0 Å². The summed E-state index contributed by atoms with van der Waals surface area (Å²) in [7, 11) is 0. The van der Waals surface area contributed by atoms with Gasteiger partial charge in [-0.15, -0.1) is 22.9 Å². The number of aryl methyl sites for hydroxylation is 1. The van der Waals surface area contributed by atoms with Gasteiger partial charge in [0.2, 0.25) is 0 Å². The summed E-state index contributed by atoms with van der Waals surface area (Å²) >= 11 is 7.17. The van der Waals surface area contributed by atoms with E-state index in [-0.39, 0.29) is 5.92 Å². The van der Waals surface area contributed by atoms with Crippen molar-refractivity contribution < 1.29 is 0 Å². The maximum atomic E-state index is 8.64. The summed E-state index contributed by atoms with van der Waals surface area (Å²) < 4.78 is 0. The van der Waals surface area contributed by atoms with Gasteiger partial charge in [-0.25, -0.2) is 4.98 Å². The fraction of sp³-hybridized carbons (Fsp3) is 0.500. The smallest absolute Gasteiger partial charge is 0.0941 e. The summed E-state index contributed by atoms with van der Waals surface area (Å²) in [6.45, 7) is 1.95. The number of nitrogens with zero attached hydrogens (tertiary/aromatic N) is 2. The first kappa shape index (κ1) is 9.50. The average molecular weight is 201 g/mol. The summed E-state index contributed by atoms with van der Waals surface area (Å²) in [4.78, 5) is 4.26. The Labute approximate surface area is 80.8 Å². The van der Waals surface area contributed by atoms with Gasteiger partial charge in [0.25, 0.3) is 0 Å². The van der Waals surface area contributed by atoms with E-state index in [1.165, 1.54) is 0 Å². The lowest BCUT2D eigenvalue weighted by Gasteiger charge is -1.99. The molecular weight excluding hydrogens is 192 g/mol. The molecule has 0 aliphatic carbocycles. The summed E-state index contributed by atoms with van der Waals surface area (Å²) in [5, 5.41) is 11.6. The molecule has 64 valence electrons. The largest absolute Gasteiger partial charge is 0.247 e. The second-order valence-electron chi connectivity index (χ2n) is 2.57. The molecule has 0 aliphatic heterocycles. The van der Waals surface area contributed by atoms with Crippen LogP contribution in [0, 0.1) is 24.2 Å². The Hall–Kier alpha value is -0.590. The van der Waals surface area contributed by atoms with Gasteiger partial charge in [0, 0.05) is 23.4 Å². The zero-order chi connectivity index (χ0) is 8.97. The van der Waals surface area contributed by atoms with Crippen molar-refractivity contribution in [3.8, 4) is 6.07 Å². The van der Waals surface area contributed by atoms with Crippen LogP contribution < -0.4 is 0 Å². The Bertz CT molecular complexity index is 289. The van der Waals surface area contributed by atoms with Gasteiger partial charge in [-0.2, -0.15) is 5.26 Å². The number of nitriles is 1. The van der Waals surface area contributed by atoms with Crippen LogP contribution in [0.4, 0.5) is 0 Å². The van der Waals surface area contributed by atoms with Crippen molar-refractivity contribution >= 4 is 22.9 Å². The highest BCUT2D eigenvalue weighted by molar-refractivity contribution is 7.09. The molecule has 0 saturated heterocycles. The molecule has 0 N–H and O–H groups in total. The molecular formula is C8H9ClN2S. The predicted molar refractivity (Wildman–Crippen MR) is 50.4 cm³/mol. The number of alkyl halides is 1. The number of hydrogen-bond acceptors (Lipinski definition) is 3. The molecule has 0 saturated carbocycles. The first-order chi connectivity index (χ1) is 5.76. The second kappa shape index (κ2) is 4.44. The number of thiazole rings is 1. The lowest BCUT2D eigenvalue weighted by atomic mass is 10.1. The molecule has 0 aromatic carbocycles. The standard InChI is InChI=1S/C8H9ClN2S/c1-6-5-12-8(11-6)2-7(3-9)4-10/h5,7H,2-3H2,1H3. The maximum Gasteiger partial charge on any atom is 0.0941 e. The molecule has 2 nitrogen and oxygen atoms in total. The Balaban J connectivity index is 2.58. The van der Waals surface area contributed by atoms with Crippen molar-refractivity contribution in [3.05, 3.63) is 16.1 Å². The van der Waals surface area contributed by atoms with Crippen molar-refractivity contribution in [2.75, 3.05) is 5.88 Å². The monoisotopic (exact) mass is 200 g/mol. The minimum Gasteiger partial charge on any atom is -0.247 e. The minimum atomic E-state index is -0.0998. The summed E-state index contributed by atoms with van der Waals surface area (Å²) in [5.41, 5.74) is 1.02. The van der Waals surface area contributed by atoms with E-state index in [1.54, 1.807) is 11.3 Å². The van der Waals surface area contributed by atoms with Crippen molar-refractivity contribution in [3.63, 3.8) is 0 Å². The first-order valence-electron chi connectivity index (χ1n) is 3.63. The SMILES string of the molecule is Cc1csc(CC(C#N)CCl)n1. The lowest BCUT2D eigenvalue weighted by molar-refractivity contribution is 0.740. The van der Waals surface area contributed by atoms with Crippen LogP contribution >= 0.6 is 22.9 Å². The van der Waals surface area contributed by atoms with E-state index in [2.05, 4.69) is 11.1 Å². The molecule has 1 aromatic rings. The van der Waals surface area contributed by atoms with Gasteiger partial charge in [0.05, 0.1) is 17.0 Å². The van der Waals surface area contributed by atoms with E-state index < -0.39 is 0 Å². The predicted octanol–water partition coefficient (Wildman–Crippen LogP) is 2.37. The molecule has 1 unspecified atom stereocenters. The molecule has 1 atom stereocenters. The van der Waals surface area contributed by atoms with Crippen molar-refractivity contribution in [2.24, 2.45) is 5.92 Å². The fourth-order valence-electron chi connectivity index (χ4n) is 0.842. The van der Waals surface area contributed by atoms with Crippen LogP contribution in [0.2, 0.25) is 0 Å². The van der Waals surface area contributed by atoms with Gasteiger partial charge >= 0.3 is 0 Å². The fourth-order valence-corrected chi connectivity index (χ4v) is 1.87. The zero-order valence-electron chi connectivity index (χ0n) is 6.75. The average Bonchev–Trinajstić information content (AvgIpc) is 2.47. The van der Waals surface area contributed by atoms with Crippen molar-refractivity contribution in [2.45, 2.75) is 13.3 Å². The Morgan fingerprint density at radius 2 is 2.58 bits per heavy atom. The Kier molecular flexibility index (Phi) is 3.51. The molecule has 1 rings (SSSR count). The highest BCUT2D eigenvalue weighted by Gasteiger charge is 2.08. The molecule has 12 heavy (non-hydrogen) atoms. The van der Waals surface area contributed by atoms with Crippen molar-refractivity contribution in [1.29, 1.82) is 5.26 Å². The minimum absolute atomic E-state index is 0.0998. The van der Waals surface area contributed by atoms with E-state index >= 15 is 0 Å². The molecule has 1 heterocycles. The lowest BCUT2D eigenvalue weighted by Crippen LogP contribution is -2.02. The van der Waals surface area contributed by atoms with Crippen molar-refractivity contribution in [1.82, 2.24) is 4.98 Å². The number of aromatic nitrogens is 1. The van der Waals surface area contributed by atoms with Crippen LogP contribution in [-0.2, 0) is 6.42 Å². The topological polar surface area (TPSA) is 36.7 Å². The number of hydrogen-bond donors (Lipinski definition) is 0. The van der Waals surface area contributed by atoms with Crippen LogP contribution in [0.5, 0.6) is 0 Å². The van der Waals surface area contributed by atoms with Gasteiger partial charge in [-0.3, -0.25) is 0 Å². The van der Waals surface area contributed by atoms with E-state index in [0.717, 1.165) is 10.7 Å². The van der Waals surface area contributed by atoms with E-state index in [1.807, 2.05) is 12.3 Å². The van der Waals surface area contributed by atoms with Gasteiger partial charge in [0.1, 0.15) is 0 Å². The Morgan fingerprint density at radius 1 is 1.83 bits per heavy atom. The Morgan fingerprint density at radius 3 is 3.00 bits per heavy atom. The van der Waals surface area contributed by atoms with Gasteiger partial charge in [-0.1, -0.05) is 0 Å². The quantitative estimate of drug-likeness (QED) is 0.703. The van der Waals surface area contributed by atoms with Crippen LogP contribution in [0.15, 0.2) is 5.38 Å². The summed E-state index contributed by atoms with van der Waals surface area (Å²) in [6, 6.07) is 2.14. The van der Waals surface area contributed by atoms with E-state index in [9.17, 15) is 0 Å². The normalized spacial score (nSPS) is 12.4. The van der Waals surface area contributed by atoms with Crippen LogP contribution in [0.3, 0.4) is 0 Å². The van der Waals surface area contributed by atoms with Gasteiger partial charge in [-0.05, 0) is 6.92 Å². The third kappa shape index (κ3) is 2.47. The summed E-state index contributed by atoms with van der Waals surface area (Å²) in [6.07, 6.45) is 0.679. The molecule has 4 heteroatoms. The van der Waals surface area contributed by atoms with E-state index in [0.29, 0.717) is 12.3 Å². The third-order valence-electron chi connectivity index (χ3n) is 1.46. The maximum absolute atomic E-state index is 8.64. The molecule has 0 spiro atoms. The molecule has 0 amide bonds. The highest BCUT2D eigenvalue weighted by atomic mass is 35.5. The molecule has 0 bridgehead atoms. The third-order valence-corrected chi connectivity index (χ3v) is 2.82.